The fourth-order valence-corrected chi connectivity index (χ4v) is 1.77. The molecule has 1 saturated heterocycles. The first-order chi connectivity index (χ1) is 7.50. The smallest absolute Gasteiger partial charge is 0.113 e. The van der Waals surface area contributed by atoms with E-state index in [9.17, 15) is 0 Å². The minimum absolute atomic E-state index is 0.0182. The zero-order valence-corrected chi connectivity index (χ0v) is 10.4. The number of epoxide rings is 1. The van der Waals surface area contributed by atoms with E-state index in [1.165, 1.54) is 5.56 Å². The van der Waals surface area contributed by atoms with Crippen LogP contribution in [0.1, 0.15) is 44.9 Å². The van der Waals surface area contributed by atoms with E-state index in [-0.39, 0.29) is 11.7 Å². The third-order valence-electron chi connectivity index (χ3n) is 2.73. The quantitative estimate of drug-likeness (QED) is 0.514. The molecule has 0 spiro atoms. The van der Waals surface area contributed by atoms with E-state index >= 15 is 0 Å². The van der Waals surface area contributed by atoms with Gasteiger partial charge in [0.05, 0.1) is 5.60 Å². The zero-order valence-electron chi connectivity index (χ0n) is 10.4. The fourth-order valence-electron chi connectivity index (χ4n) is 1.77. The second-order valence-corrected chi connectivity index (χ2v) is 5.11. The highest BCUT2D eigenvalue weighted by atomic mass is 16.6. The van der Waals surface area contributed by atoms with Crippen LogP contribution in [0.4, 0.5) is 0 Å². The van der Waals surface area contributed by atoms with Gasteiger partial charge in [-0.2, -0.15) is 0 Å². The van der Waals surface area contributed by atoms with Gasteiger partial charge < -0.3 is 4.74 Å². The van der Waals surface area contributed by atoms with Crippen LogP contribution in [0.3, 0.4) is 0 Å². The average Bonchev–Trinajstić information content (AvgIpc) is 2.85. The number of benzene rings is 1. The van der Waals surface area contributed by atoms with Crippen molar-refractivity contribution >= 4 is 0 Å². The maximum atomic E-state index is 5.67. The van der Waals surface area contributed by atoms with Crippen LogP contribution in [-0.2, 0) is 4.74 Å². The Hall–Kier alpha value is -1.26. The van der Waals surface area contributed by atoms with Gasteiger partial charge in [0, 0.05) is 11.5 Å². The van der Waals surface area contributed by atoms with Crippen molar-refractivity contribution in [2.24, 2.45) is 5.92 Å². The van der Waals surface area contributed by atoms with Crippen molar-refractivity contribution in [3.63, 3.8) is 0 Å². The van der Waals surface area contributed by atoms with Crippen molar-refractivity contribution < 1.29 is 4.74 Å². The molecular formula is C15H18O. The summed E-state index contributed by atoms with van der Waals surface area (Å²) in [5.41, 5.74) is 2.31. The molecule has 0 radical (unpaired) electrons. The van der Waals surface area contributed by atoms with Crippen molar-refractivity contribution in [2.75, 3.05) is 0 Å². The highest BCUT2D eigenvalue weighted by Crippen LogP contribution is 2.49. The van der Waals surface area contributed by atoms with Gasteiger partial charge in [0.15, 0.2) is 0 Å². The molecule has 1 unspecified atom stereocenters. The van der Waals surface area contributed by atoms with Gasteiger partial charge in [0.1, 0.15) is 6.10 Å². The lowest BCUT2D eigenvalue weighted by Crippen LogP contribution is -1.99. The van der Waals surface area contributed by atoms with Crippen LogP contribution in [0, 0.1) is 17.8 Å². The lowest BCUT2D eigenvalue weighted by Gasteiger charge is -2.02. The summed E-state index contributed by atoms with van der Waals surface area (Å²) in [6.07, 6.45) is 0.213. The highest BCUT2D eigenvalue weighted by Gasteiger charge is 2.49. The van der Waals surface area contributed by atoms with Crippen LogP contribution >= 0.6 is 0 Å². The topological polar surface area (TPSA) is 12.5 Å². The monoisotopic (exact) mass is 214 g/mol. The molecule has 1 heterocycles. The van der Waals surface area contributed by atoms with Crippen molar-refractivity contribution in [1.82, 2.24) is 0 Å². The lowest BCUT2D eigenvalue weighted by atomic mass is 9.98. The Morgan fingerprint density at radius 2 is 1.88 bits per heavy atom. The van der Waals surface area contributed by atoms with Gasteiger partial charge in [0.2, 0.25) is 0 Å². The molecule has 1 aliphatic rings. The maximum absolute atomic E-state index is 5.67. The van der Waals surface area contributed by atoms with Crippen molar-refractivity contribution in [3.8, 4) is 11.8 Å². The molecular weight excluding hydrogens is 196 g/mol. The Morgan fingerprint density at radius 1 is 1.25 bits per heavy atom. The first-order valence-electron chi connectivity index (χ1n) is 5.79. The Morgan fingerprint density at radius 3 is 2.44 bits per heavy atom. The summed E-state index contributed by atoms with van der Waals surface area (Å²) in [7, 11) is 0. The standard InChI is InChI=1S/C15H18O/c1-11(2)9-10-12-7-5-6-8-13(12)14-15(3,4)16-14/h5-8,11,14H,1-4H3. The van der Waals surface area contributed by atoms with Crippen molar-refractivity contribution in [1.29, 1.82) is 0 Å². The fraction of sp³-hybridized carbons (Fsp3) is 0.467. The summed E-state index contributed by atoms with van der Waals surface area (Å²) in [4.78, 5) is 0. The molecule has 1 nitrogen and oxygen atoms in total. The summed E-state index contributed by atoms with van der Waals surface area (Å²) in [5, 5.41) is 0. The van der Waals surface area contributed by atoms with Gasteiger partial charge in [0.25, 0.3) is 0 Å². The van der Waals surface area contributed by atoms with E-state index in [0.29, 0.717) is 5.92 Å². The Bertz CT molecular complexity index is 446. The predicted octanol–water partition coefficient (Wildman–Crippen LogP) is 3.54. The molecule has 0 N–H and O–H groups in total. The first kappa shape index (κ1) is 11.2. The van der Waals surface area contributed by atoms with E-state index in [1.54, 1.807) is 0 Å². The molecule has 2 rings (SSSR count). The SMILES string of the molecule is CC(C)C#Cc1ccccc1C1OC1(C)C. The normalized spacial score (nSPS) is 21.4. The molecule has 0 amide bonds. The minimum Gasteiger partial charge on any atom is -0.362 e. The van der Waals surface area contributed by atoms with Gasteiger partial charge in [-0.25, -0.2) is 0 Å². The summed E-state index contributed by atoms with van der Waals surface area (Å²) < 4.78 is 5.67. The second-order valence-electron chi connectivity index (χ2n) is 5.11. The van der Waals surface area contributed by atoms with E-state index in [4.69, 9.17) is 4.74 Å². The number of ether oxygens (including phenoxy) is 1. The first-order valence-corrected chi connectivity index (χ1v) is 5.79. The molecule has 0 bridgehead atoms. The Labute approximate surface area is 97.8 Å². The number of rotatable bonds is 1. The average molecular weight is 214 g/mol. The summed E-state index contributed by atoms with van der Waals surface area (Å²) in [5.74, 6) is 6.85. The third-order valence-corrected chi connectivity index (χ3v) is 2.73. The maximum Gasteiger partial charge on any atom is 0.113 e. The van der Waals surface area contributed by atoms with Crippen LogP contribution < -0.4 is 0 Å². The molecule has 1 aliphatic heterocycles. The van der Waals surface area contributed by atoms with Gasteiger partial charge in [-0.1, -0.05) is 43.9 Å². The molecule has 0 aliphatic carbocycles. The number of hydrogen-bond donors (Lipinski definition) is 0. The van der Waals surface area contributed by atoms with Crippen LogP contribution in [-0.4, -0.2) is 5.60 Å². The summed E-state index contributed by atoms with van der Waals surface area (Å²) in [6.45, 7) is 8.44. The molecule has 1 aromatic rings. The highest BCUT2D eigenvalue weighted by molar-refractivity contribution is 5.45. The lowest BCUT2D eigenvalue weighted by molar-refractivity contribution is 0.325. The minimum atomic E-state index is -0.0182. The van der Waals surface area contributed by atoms with E-state index in [0.717, 1.165) is 5.56 Å². The van der Waals surface area contributed by atoms with Gasteiger partial charge >= 0.3 is 0 Å². The summed E-state index contributed by atoms with van der Waals surface area (Å²) in [6, 6.07) is 8.27. The van der Waals surface area contributed by atoms with Gasteiger partial charge in [-0.3, -0.25) is 0 Å². The number of hydrogen-bond acceptors (Lipinski definition) is 1. The zero-order chi connectivity index (χ0) is 11.8. The molecule has 1 heteroatoms. The van der Waals surface area contributed by atoms with E-state index < -0.39 is 0 Å². The molecule has 1 aromatic carbocycles. The van der Waals surface area contributed by atoms with Gasteiger partial charge in [-0.05, 0) is 25.5 Å². The Kier molecular flexibility index (Phi) is 2.78. The molecule has 16 heavy (non-hydrogen) atoms. The van der Waals surface area contributed by atoms with Crippen LogP contribution in [0.2, 0.25) is 0 Å². The molecule has 1 atom stereocenters. The van der Waals surface area contributed by atoms with Crippen LogP contribution in [0.5, 0.6) is 0 Å². The Balaban J connectivity index is 2.30. The van der Waals surface area contributed by atoms with E-state index in [1.807, 2.05) is 12.1 Å². The van der Waals surface area contributed by atoms with E-state index in [2.05, 4.69) is 51.7 Å². The third kappa shape index (κ3) is 2.28. The molecule has 0 aromatic heterocycles. The van der Waals surface area contributed by atoms with Crippen molar-refractivity contribution in [2.45, 2.75) is 39.4 Å². The van der Waals surface area contributed by atoms with Crippen LogP contribution in [0.15, 0.2) is 24.3 Å². The molecule has 84 valence electrons. The molecule has 0 saturated carbocycles. The predicted molar refractivity (Wildman–Crippen MR) is 66.1 cm³/mol. The summed E-state index contributed by atoms with van der Waals surface area (Å²) >= 11 is 0. The molecule has 1 fully saturated rings. The largest absolute Gasteiger partial charge is 0.362 e. The second kappa shape index (κ2) is 3.96. The van der Waals surface area contributed by atoms with Gasteiger partial charge in [-0.15, -0.1) is 0 Å². The van der Waals surface area contributed by atoms with Crippen LogP contribution in [0.25, 0.3) is 0 Å². The van der Waals surface area contributed by atoms with Crippen molar-refractivity contribution in [3.05, 3.63) is 35.4 Å².